The van der Waals surface area contributed by atoms with Gasteiger partial charge in [-0.1, -0.05) is 6.07 Å². The van der Waals surface area contributed by atoms with Crippen LogP contribution in [-0.2, 0) is 11.3 Å². The predicted octanol–water partition coefficient (Wildman–Crippen LogP) is 2.75. The molecule has 112 valence electrons. The van der Waals surface area contributed by atoms with Crippen LogP contribution in [0.25, 0.3) is 0 Å². The van der Waals surface area contributed by atoms with Crippen molar-refractivity contribution in [2.24, 2.45) is 0 Å². The van der Waals surface area contributed by atoms with Crippen molar-refractivity contribution in [2.45, 2.75) is 44.9 Å². The summed E-state index contributed by atoms with van der Waals surface area (Å²) in [7, 11) is 3.32. The zero-order valence-corrected chi connectivity index (χ0v) is 12.9. The van der Waals surface area contributed by atoms with Gasteiger partial charge in [-0.2, -0.15) is 0 Å². The van der Waals surface area contributed by atoms with Gasteiger partial charge >= 0.3 is 0 Å². The average Bonchev–Trinajstić information content (AvgIpc) is 2.43. The Labute approximate surface area is 121 Å². The van der Waals surface area contributed by atoms with Gasteiger partial charge in [0.1, 0.15) is 0 Å². The van der Waals surface area contributed by atoms with Gasteiger partial charge in [-0.3, -0.25) is 0 Å². The van der Waals surface area contributed by atoms with E-state index in [-0.39, 0.29) is 5.60 Å². The average molecular weight is 279 g/mol. The Balaban J connectivity index is 1.93. The third-order valence-electron chi connectivity index (χ3n) is 3.74. The topological polar surface area (TPSA) is 39.7 Å². The molecule has 1 N–H and O–H groups in total. The molecule has 0 aromatic heterocycles. The number of nitrogens with one attached hydrogen (secondary N) is 1. The van der Waals surface area contributed by atoms with Gasteiger partial charge in [0.25, 0.3) is 0 Å². The number of hydrogen-bond donors (Lipinski definition) is 1. The van der Waals surface area contributed by atoms with Gasteiger partial charge < -0.3 is 19.5 Å². The highest BCUT2D eigenvalue weighted by atomic mass is 16.5. The first-order chi connectivity index (χ1) is 9.54. The molecule has 1 saturated heterocycles. The zero-order chi connectivity index (χ0) is 14.6. The third-order valence-corrected chi connectivity index (χ3v) is 3.74. The molecule has 0 spiro atoms. The molecule has 0 aliphatic carbocycles. The van der Waals surface area contributed by atoms with Crippen LogP contribution in [-0.4, -0.2) is 32.5 Å². The summed E-state index contributed by atoms with van der Waals surface area (Å²) in [6.07, 6.45) is 2.11. The molecule has 0 amide bonds. The third kappa shape index (κ3) is 3.87. The van der Waals surface area contributed by atoms with Gasteiger partial charge in [-0.05, 0) is 44.4 Å². The molecule has 4 heteroatoms. The van der Waals surface area contributed by atoms with Crippen LogP contribution in [0.5, 0.6) is 11.5 Å². The summed E-state index contributed by atoms with van der Waals surface area (Å²) < 4.78 is 16.3. The van der Waals surface area contributed by atoms with Crippen molar-refractivity contribution in [3.8, 4) is 11.5 Å². The van der Waals surface area contributed by atoms with Gasteiger partial charge in [0.15, 0.2) is 11.5 Å². The summed E-state index contributed by atoms with van der Waals surface area (Å²) in [5, 5.41) is 3.61. The fourth-order valence-electron chi connectivity index (χ4n) is 2.66. The first-order valence-electron chi connectivity index (χ1n) is 7.12. The molecule has 4 nitrogen and oxygen atoms in total. The lowest BCUT2D eigenvalue weighted by molar-refractivity contribution is -0.0630. The fraction of sp³-hybridized carbons (Fsp3) is 0.625. The molecule has 1 aromatic carbocycles. The smallest absolute Gasteiger partial charge is 0.161 e. The molecular formula is C16H25NO3. The van der Waals surface area contributed by atoms with Crippen molar-refractivity contribution in [3.63, 3.8) is 0 Å². The van der Waals surface area contributed by atoms with Crippen LogP contribution in [0, 0.1) is 0 Å². The Morgan fingerprint density at radius 3 is 2.65 bits per heavy atom. The first-order valence-corrected chi connectivity index (χ1v) is 7.12. The van der Waals surface area contributed by atoms with Crippen molar-refractivity contribution in [3.05, 3.63) is 23.8 Å². The van der Waals surface area contributed by atoms with E-state index in [2.05, 4.69) is 25.2 Å². The first kappa shape index (κ1) is 15.1. The van der Waals surface area contributed by atoms with Crippen molar-refractivity contribution >= 4 is 0 Å². The van der Waals surface area contributed by atoms with E-state index in [1.54, 1.807) is 14.2 Å². The van der Waals surface area contributed by atoms with E-state index in [4.69, 9.17) is 14.2 Å². The quantitative estimate of drug-likeness (QED) is 0.899. The second-order valence-corrected chi connectivity index (χ2v) is 5.87. The SMILES string of the molecule is COc1ccc(CN[C@@H]2CCOC(C)(C)C2)cc1OC. The number of rotatable bonds is 5. The van der Waals surface area contributed by atoms with E-state index < -0.39 is 0 Å². The molecule has 20 heavy (non-hydrogen) atoms. The minimum atomic E-state index is -0.0203. The highest BCUT2D eigenvalue weighted by Gasteiger charge is 2.28. The van der Waals surface area contributed by atoms with E-state index in [1.807, 2.05) is 12.1 Å². The molecule has 1 fully saturated rings. The van der Waals surface area contributed by atoms with Crippen LogP contribution in [0.3, 0.4) is 0 Å². The summed E-state index contributed by atoms with van der Waals surface area (Å²) in [6, 6.07) is 6.55. The summed E-state index contributed by atoms with van der Waals surface area (Å²) in [5.74, 6) is 1.54. The second-order valence-electron chi connectivity index (χ2n) is 5.87. The monoisotopic (exact) mass is 279 g/mol. The molecule has 1 heterocycles. The predicted molar refractivity (Wildman–Crippen MR) is 79.4 cm³/mol. The van der Waals surface area contributed by atoms with Gasteiger partial charge in [0.05, 0.1) is 19.8 Å². The summed E-state index contributed by atoms with van der Waals surface area (Å²) in [4.78, 5) is 0. The maximum Gasteiger partial charge on any atom is 0.161 e. The number of methoxy groups -OCH3 is 2. The van der Waals surface area contributed by atoms with Gasteiger partial charge in [0, 0.05) is 19.2 Å². The van der Waals surface area contributed by atoms with E-state index in [1.165, 1.54) is 5.56 Å². The Bertz CT molecular complexity index is 445. The van der Waals surface area contributed by atoms with Crippen LogP contribution in [0.2, 0.25) is 0 Å². The molecule has 1 atom stereocenters. The molecule has 1 aromatic rings. The highest BCUT2D eigenvalue weighted by Crippen LogP contribution is 2.28. The van der Waals surface area contributed by atoms with Crippen LogP contribution < -0.4 is 14.8 Å². The number of ether oxygens (including phenoxy) is 3. The van der Waals surface area contributed by atoms with Gasteiger partial charge in [0.2, 0.25) is 0 Å². The van der Waals surface area contributed by atoms with Crippen molar-refractivity contribution in [1.29, 1.82) is 0 Å². The Hall–Kier alpha value is -1.26. The summed E-state index contributed by atoms with van der Waals surface area (Å²) >= 11 is 0. The molecule has 0 bridgehead atoms. The normalized spacial score (nSPS) is 21.5. The minimum absolute atomic E-state index is 0.0203. The maximum atomic E-state index is 5.74. The Morgan fingerprint density at radius 1 is 1.25 bits per heavy atom. The van der Waals surface area contributed by atoms with Crippen LogP contribution in [0.1, 0.15) is 32.3 Å². The van der Waals surface area contributed by atoms with E-state index >= 15 is 0 Å². The highest BCUT2D eigenvalue weighted by molar-refractivity contribution is 5.42. The molecule has 1 aliphatic rings. The second kappa shape index (κ2) is 6.46. The lowest BCUT2D eigenvalue weighted by Gasteiger charge is -2.36. The molecular weight excluding hydrogens is 254 g/mol. The van der Waals surface area contributed by atoms with Crippen LogP contribution in [0.15, 0.2) is 18.2 Å². The number of hydrogen-bond acceptors (Lipinski definition) is 4. The van der Waals surface area contributed by atoms with E-state index in [9.17, 15) is 0 Å². The van der Waals surface area contributed by atoms with Crippen molar-refractivity contribution < 1.29 is 14.2 Å². The zero-order valence-electron chi connectivity index (χ0n) is 12.9. The molecule has 1 aliphatic heterocycles. The Morgan fingerprint density at radius 2 is 2.00 bits per heavy atom. The standard InChI is InChI=1S/C16H25NO3/c1-16(2)10-13(7-8-20-16)17-11-12-5-6-14(18-3)15(9-12)19-4/h5-6,9,13,17H,7-8,10-11H2,1-4H3/t13-/m1/s1. The molecule has 2 rings (SSSR count). The Kier molecular flexibility index (Phi) is 4.89. The minimum Gasteiger partial charge on any atom is -0.493 e. The van der Waals surface area contributed by atoms with Crippen LogP contribution in [0.4, 0.5) is 0 Å². The van der Waals surface area contributed by atoms with Crippen molar-refractivity contribution in [1.82, 2.24) is 5.32 Å². The van der Waals surface area contributed by atoms with E-state index in [0.717, 1.165) is 37.5 Å². The van der Waals surface area contributed by atoms with Crippen LogP contribution >= 0.6 is 0 Å². The van der Waals surface area contributed by atoms with E-state index in [0.29, 0.717) is 6.04 Å². The lowest BCUT2D eigenvalue weighted by Crippen LogP contribution is -2.43. The lowest BCUT2D eigenvalue weighted by atomic mass is 9.94. The molecule has 0 unspecified atom stereocenters. The molecule has 0 saturated carbocycles. The largest absolute Gasteiger partial charge is 0.493 e. The van der Waals surface area contributed by atoms with Crippen molar-refractivity contribution in [2.75, 3.05) is 20.8 Å². The van der Waals surface area contributed by atoms with Gasteiger partial charge in [-0.25, -0.2) is 0 Å². The summed E-state index contributed by atoms with van der Waals surface area (Å²) in [6.45, 7) is 5.96. The maximum absolute atomic E-state index is 5.74. The van der Waals surface area contributed by atoms with Gasteiger partial charge in [-0.15, -0.1) is 0 Å². The number of benzene rings is 1. The summed E-state index contributed by atoms with van der Waals surface area (Å²) in [5.41, 5.74) is 1.18. The molecule has 0 radical (unpaired) electrons. The fourth-order valence-corrected chi connectivity index (χ4v) is 2.66.